The van der Waals surface area contributed by atoms with Crippen LogP contribution in [-0.4, -0.2) is 11.6 Å². The summed E-state index contributed by atoms with van der Waals surface area (Å²) in [7, 11) is 0. The molecule has 4 nitrogen and oxygen atoms in total. The van der Waals surface area contributed by atoms with Crippen molar-refractivity contribution in [1.82, 2.24) is 4.98 Å². The second-order valence-electron chi connectivity index (χ2n) is 4.68. The third kappa shape index (κ3) is 2.60. The minimum Gasteiger partial charge on any atom is -0.492 e. The van der Waals surface area contributed by atoms with E-state index in [4.69, 9.17) is 10.5 Å². The van der Waals surface area contributed by atoms with Crippen LogP contribution in [0.5, 0.6) is 5.75 Å². The van der Waals surface area contributed by atoms with Gasteiger partial charge < -0.3 is 15.8 Å². The first-order valence-corrected chi connectivity index (χ1v) is 6.90. The molecule has 0 unspecified atom stereocenters. The fraction of sp³-hybridized carbons (Fsp3) is 0.118. The van der Waals surface area contributed by atoms with Crippen molar-refractivity contribution in [1.29, 1.82) is 0 Å². The van der Waals surface area contributed by atoms with Crippen molar-refractivity contribution in [2.24, 2.45) is 0 Å². The smallest absolute Gasteiger partial charge is 0.142 e. The molecule has 3 aromatic rings. The Bertz CT molecular complexity index is 771. The van der Waals surface area contributed by atoms with Gasteiger partial charge in [0.2, 0.25) is 0 Å². The molecule has 0 atom stereocenters. The van der Waals surface area contributed by atoms with Crippen LogP contribution in [0.1, 0.15) is 6.92 Å². The lowest BCUT2D eigenvalue weighted by Crippen LogP contribution is -2.00. The van der Waals surface area contributed by atoms with Crippen LogP contribution in [0.15, 0.2) is 54.9 Å². The zero-order valence-corrected chi connectivity index (χ0v) is 11.8. The number of benzene rings is 2. The topological polar surface area (TPSA) is 60.2 Å². The molecule has 0 bridgehead atoms. The molecule has 0 amide bonds. The van der Waals surface area contributed by atoms with E-state index in [-0.39, 0.29) is 0 Å². The lowest BCUT2D eigenvalue weighted by Gasteiger charge is -2.14. The lowest BCUT2D eigenvalue weighted by molar-refractivity contribution is 0.342. The molecule has 0 radical (unpaired) electrons. The van der Waals surface area contributed by atoms with Gasteiger partial charge in [-0.3, -0.25) is 4.98 Å². The van der Waals surface area contributed by atoms with Gasteiger partial charge in [0, 0.05) is 23.2 Å². The highest BCUT2D eigenvalue weighted by Gasteiger charge is 2.07. The molecule has 1 aromatic heterocycles. The van der Waals surface area contributed by atoms with E-state index in [2.05, 4.69) is 10.3 Å². The maximum Gasteiger partial charge on any atom is 0.142 e. The number of rotatable bonds is 4. The molecule has 3 N–H and O–H groups in total. The van der Waals surface area contributed by atoms with E-state index in [9.17, 15) is 0 Å². The maximum atomic E-state index is 6.26. The number of hydrogen-bond donors (Lipinski definition) is 2. The van der Waals surface area contributed by atoms with Crippen LogP contribution >= 0.6 is 0 Å². The van der Waals surface area contributed by atoms with E-state index >= 15 is 0 Å². The zero-order valence-electron chi connectivity index (χ0n) is 11.8. The van der Waals surface area contributed by atoms with E-state index in [1.54, 1.807) is 6.20 Å². The molecular formula is C17H17N3O. The summed E-state index contributed by atoms with van der Waals surface area (Å²) in [5.41, 5.74) is 8.73. The molecule has 1 heterocycles. The molecule has 0 saturated heterocycles. The number of pyridine rings is 1. The second kappa shape index (κ2) is 5.71. The second-order valence-corrected chi connectivity index (χ2v) is 4.68. The van der Waals surface area contributed by atoms with Crippen LogP contribution in [0.3, 0.4) is 0 Å². The van der Waals surface area contributed by atoms with Crippen molar-refractivity contribution in [2.75, 3.05) is 17.7 Å². The number of nitrogens with zero attached hydrogens (tertiary/aromatic N) is 1. The number of hydrogen-bond acceptors (Lipinski definition) is 4. The number of para-hydroxylation sites is 2. The molecule has 3 rings (SSSR count). The first-order valence-electron chi connectivity index (χ1n) is 6.90. The van der Waals surface area contributed by atoms with E-state index < -0.39 is 0 Å². The van der Waals surface area contributed by atoms with E-state index in [1.807, 2.05) is 55.6 Å². The van der Waals surface area contributed by atoms with Crippen LogP contribution in [-0.2, 0) is 0 Å². The molecule has 0 aliphatic heterocycles. The highest BCUT2D eigenvalue weighted by atomic mass is 16.5. The van der Waals surface area contributed by atoms with E-state index in [0.717, 1.165) is 27.9 Å². The molecule has 21 heavy (non-hydrogen) atoms. The van der Waals surface area contributed by atoms with Gasteiger partial charge in [-0.05, 0) is 31.2 Å². The SMILES string of the molecule is CCOc1ccccc1Nc1ccc2cnccc2c1N. The maximum absolute atomic E-state index is 6.26. The molecule has 0 aliphatic rings. The summed E-state index contributed by atoms with van der Waals surface area (Å²) in [6.45, 7) is 2.59. The summed E-state index contributed by atoms with van der Waals surface area (Å²) < 4.78 is 5.62. The van der Waals surface area contributed by atoms with Gasteiger partial charge in [-0.25, -0.2) is 0 Å². The van der Waals surface area contributed by atoms with Crippen molar-refractivity contribution in [3.8, 4) is 5.75 Å². The van der Waals surface area contributed by atoms with Crippen molar-refractivity contribution in [2.45, 2.75) is 6.92 Å². The zero-order chi connectivity index (χ0) is 14.7. The van der Waals surface area contributed by atoms with Gasteiger partial charge in [0.25, 0.3) is 0 Å². The van der Waals surface area contributed by atoms with E-state index in [0.29, 0.717) is 12.3 Å². The monoisotopic (exact) mass is 279 g/mol. The molecule has 0 fully saturated rings. The number of fused-ring (bicyclic) bond motifs is 1. The standard InChI is InChI=1S/C17H17N3O/c1-2-21-16-6-4-3-5-14(16)20-15-8-7-12-11-19-10-9-13(12)17(15)18/h3-11,20H,2,18H2,1H3. The first-order chi connectivity index (χ1) is 10.3. The summed E-state index contributed by atoms with van der Waals surface area (Å²) in [6, 6.07) is 13.7. The van der Waals surface area contributed by atoms with Gasteiger partial charge in [0.1, 0.15) is 5.75 Å². The highest BCUT2D eigenvalue weighted by molar-refractivity contribution is 5.99. The molecule has 2 aromatic carbocycles. The number of nitrogens with two attached hydrogens (primary N) is 1. The molecule has 0 aliphatic carbocycles. The van der Waals surface area contributed by atoms with Crippen molar-refractivity contribution in [3.05, 3.63) is 54.9 Å². The predicted octanol–water partition coefficient (Wildman–Crippen LogP) is 3.96. The van der Waals surface area contributed by atoms with Gasteiger partial charge >= 0.3 is 0 Å². The van der Waals surface area contributed by atoms with Crippen LogP contribution in [0.4, 0.5) is 17.1 Å². The number of anilines is 3. The minimum atomic E-state index is 0.623. The Morgan fingerprint density at radius 1 is 1.10 bits per heavy atom. The van der Waals surface area contributed by atoms with Gasteiger partial charge in [-0.2, -0.15) is 0 Å². The van der Waals surface area contributed by atoms with Crippen LogP contribution in [0, 0.1) is 0 Å². The van der Waals surface area contributed by atoms with Crippen LogP contribution < -0.4 is 15.8 Å². The highest BCUT2D eigenvalue weighted by Crippen LogP contribution is 2.33. The number of nitrogens with one attached hydrogen (secondary N) is 1. The molecular weight excluding hydrogens is 262 g/mol. The van der Waals surface area contributed by atoms with Gasteiger partial charge in [-0.15, -0.1) is 0 Å². The number of ether oxygens (including phenoxy) is 1. The molecule has 4 heteroatoms. The predicted molar refractivity (Wildman–Crippen MR) is 87.0 cm³/mol. The fourth-order valence-electron chi connectivity index (χ4n) is 2.30. The van der Waals surface area contributed by atoms with Gasteiger partial charge in [-0.1, -0.05) is 18.2 Å². The van der Waals surface area contributed by atoms with Crippen molar-refractivity contribution < 1.29 is 4.74 Å². The van der Waals surface area contributed by atoms with Crippen molar-refractivity contribution >= 4 is 27.8 Å². The van der Waals surface area contributed by atoms with Crippen LogP contribution in [0.2, 0.25) is 0 Å². The molecule has 0 spiro atoms. The Morgan fingerprint density at radius 2 is 1.95 bits per heavy atom. The molecule has 0 saturated carbocycles. The number of nitrogen functional groups attached to an aromatic ring is 1. The largest absolute Gasteiger partial charge is 0.492 e. The fourth-order valence-corrected chi connectivity index (χ4v) is 2.30. The Kier molecular flexibility index (Phi) is 3.60. The van der Waals surface area contributed by atoms with E-state index in [1.165, 1.54) is 0 Å². The van der Waals surface area contributed by atoms with Crippen molar-refractivity contribution in [3.63, 3.8) is 0 Å². The van der Waals surface area contributed by atoms with Gasteiger partial charge in [0.05, 0.1) is 23.7 Å². The number of aromatic nitrogens is 1. The molecule has 106 valence electrons. The Balaban J connectivity index is 2.00. The van der Waals surface area contributed by atoms with Crippen LogP contribution in [0.25, 0.3) is 10.8 Å². The third-order valence-corrected chi connectivity index (χ3v) is 3.32. The third-order valence-electron chi connectivity index (χ3n) is 3.32. The first kappa shape index (κ1) is 13.2. The summed E-state index contributed by atoms with van der Waals surface area (Å²) in [6.07, 6.45) is 3.56. The minimum absolute atomic E-state index is 0.623. The normalized spacial score (nSPS) is 10.5. The average Bonchev–Trinajstić information content (AvgIpc) is 2.52. The Labute approximate surface area is 123 Å². The summed E-state index contributed by atoms with van der Waals surface area (Å²) >= 11 is 0. The Hall–Kier alpha value is -2.75. The Morgan fingerprint density at radius 3 is 2.81 bits per heavy atom. The average molecular weight is 279 g/mol. The summed E-state index contributed by atoms with van der Waals surface area (Å²) in [5.74, 6) is 0.814. The lowest BCUT2D eigenvalue weighted by atomic mass is 10.1. The summed E-state index contributed by atoms with van der Waals surface area (Å²) in [5, 5.41) is 5.36. The van der Waals surface area contributed by atoms with Gasteiger partial charge in [0.15, 0.2) is 0 Å². The summed E-state index contributed by atoms with van der Waals surface area (Å²) in [4.78, 5) is 4.11. The quantitative estimate of drug-likeness (QED) is 0.710.